The van der Waals surface area contributed by atoms with Gasteiger partial charge in [-0.3, -0.25) is 4.79 Å². The molecule has 1 aromatic carbocycles. The highest BCUT2D eigenvalue weighted by Crippen LogP contribution is 2.27. The van der Waals surface area contributed by atoms with Gasteiger partial charge in [0.1, 0.15) is 5.75 Å². The fraction of sp³-hybridized carbons (Fsp3) is 0.500. The number of hydrogen-bond acceptors (Lipinski definition) is 4. The summed E-state index contributed by atoms with van der Waals surface area (Å²) in [5.74, 6) is 0.850. The van der Waals surface area contributed by atoms with Crippen LogP contribution in [0, 0.1) is 0 Å². The predicted octanol–water partition coefficient (Wildman–Crippen LogP) is 1.61. The van der Waals surface area contributed by atoms with E-state index in [9.17, 15) is 4.79 Å². The Morgan fingerprint density at radius 2 is 2.05 bits per heavy atom. The number of carbonyl (C=O) groups is 1. The molecule has 1 unspecified atom stereocenters. The van der Waals surface area contributed by atoms with E-state index in [2.05, 4.69) is 5.32 Å². The first-order valence-electron chi connectivity index (χ1n) is 6.51. The molecule has 0 radical (unpaired) electrons. The Morgan fingerprint density at radius 1 is 1.37 bits per heavy atom. The monoisotopic (exact) mass is 280 g/mol. The second-order valence-corrected chi connectivity index (χ2v) is 5.33. The summed E-state index contributed by atoms with van der Waals surface area (Å²) in [4.78, 5) is 15.2. The zero-order chi connectivity index (χ0) is 13.7. The first-order valence-corrected chi connectivity index (χ1v) is 7.74. The fourth-order valence-electron chi connectivity index (χ4n) is 2.10. The number of rotatable bonds is 4. The van der Waals surface area contributed by atoms with Crippen molar-refractivity contribution in [2.75, 3.05) is 32.4 Å². The number of nitrogens with one attached hydrogen (secondary N) is 1. The average molecular weight is 280 g/mol. The van der Waals surface area contributed by atoms with Crippen LogP contribution in [0.4, 0.5) is 0 Å². The number of nitrogens with zero attached hydrogens (tertiary/aromatic N) is 1. The third-order valence-electron chi connectivity index (χ3n) is 3.15. The average Bonchev–Trinajstić information content (AvgIpc) is 2.48. The zero-order valence-electron chi connectivity index (χ0n) is 11.4. The van der Waals surface area contributed by atoms with Crippen molar-refractivity contribution < 1.29 is 9.53 Å². The normalized spacial score (nSPS) is 17.1. The van der Waals surface area contributed by atoms with Gasteiger partial charge >= 0.3 is 0 Å². The van der Waals surface area contributed by atoms with E-state index in [4.69, 9.17) is 4.74 Å². The summed E-state index contributed by atoms with van der Waals surface area (Å²) in [7, 11) is 0. The predicted molar refractivity (Wildman–Crippen MR) is 77.8 cm³/mol. The summed E-state index contributed by atoms with van der Waals surface area (Å²) >= 11 is 1.62. The number of para-hydroxylation sites is 1. The van der Waals surface area contributed by atoms with Crippen LogP contribution < -0.4 is 10.1 Å². The van der Waals surface area contributed by atoms with Crippen LogP contribution in [0.5, 0.6) is 5.75 Å². The van der Waals surface area contributed by atoms with Crippen molar-refractivity contribution in [2.45, 2.75) is 17.9 Å². The molecule has 0 bridgehead atoms. The number of piperazine rings is 1. The molecule has 1 aromatic rings. The van der Waals surface area contributed by atoms with Crippen LogP contribution in [0.1, 0.15) is 6.92 Å². The van der Waals surface area contributed by atoms with Gasteiger partial charge < -0.3 is 15.0 Å². The topological polar surface area (TPSA) is 41.6 Å². The molecule has 0 aliphatic carbocycles. The Morgan fingerprint density at radius 3 is 2.74 bits per heavy atom. The molecular formula is C14H20N2O2S. The quantitative estimate of drug-likeness (QED) is 0.851. The lowest BCUT2D eigenvalue weighted by Crippen LogP contribution is -2.50. The molecule has 19 heavy (non-hydrogen) atoms. The fourth-order valence-corrected chi connectivity index (χ4v) is 2.63. The molecule has 4 nitrogen and oxygen atoms in total. The van der Waals surface area contributed by atoms with Gasteiger partial charge in [-0.05, 0) is 25.3 Å². The van der Waals surface area contributed by atoms with Crippen molar-refractivity contribution in [3.8, 4) is 5.75 Å². The van der Waals surface area contributed by atoms with E-state index in [0.29, 0.717) is 0 Å². The molecule has 1 amide bonds. The maximum absolute atomic E-state index is 12.3. The van der Waals surface area contributed by atoms with Gasteiger partial charge in [0.15, 0.2) is 6.10 Å². The third kappa shape index (κ3) is 3.64. The highest BCUT2D eigenvalue weighted by Gasteiger charge is 2.23. The highest BCUT2D eigenvalue weighted by molar-refractivity contribution is 7.98. The third-order valence-corrected chi connectivity index (χ3v) is 3.93. The summed E-state index contributed by atoms with van der Waals surface area (Å²) in [5.41, 5.74) is 0. The van der Waals surface area contributed by atoms with Crippen LogP contribution in [0.3, 0.4) is 0 Å². The summed E-state index contributed by atoms with van der Waals surface area (Å²) < 4.78 is 5.82. The summed E-state index contributed by atoms with van der Waals surface area (Å²) in [6.45, 7) is 5.06. The van der Waals surface area contributed by atoms with Gasteiger partial charge in [0.2, 0.25) is 0 Å². The lowest BCUT2D eigenvalue weighted by molar-refractivity contribution is -0.138. The summed E-state index contributed by atoms with van der Waals surface area (Å²) in [6.07, 6.45) is 1.57. The molecule has 0 aromatic heterocycles. The molecule has 1 atom stereocenters. The van der Waals surface area contributed by atoms with Gasteiger partial charge in [0, 0.05) is 31.1 Å². The van der Waals surface area contributed by atoms with E-state index in [1.807, 2.05) is 42.3 Å². The Labute approximate surface area is 118 Å². The van der Waals surface area contributed by atoms with E-state index >= 15 is 0 Å². The van der Waals surface area contributed by atoms with Gasteiger partial charge in [-0.25, -0.2) is 0 Å². The van der Waals surface area contributed by atoms with Crippen molar-refractivity contribution in [3.05, 3.63) is 24.3 Å². The van der Waals surface area contributed by atoms with Crippen LogP contribution in [0.15, 0.2) is 29.2 Å². The molecule has 5 heteroatoms. The van der Waals surface area contributed by atoms with Crippen molar-refractivity contribution in [2.24, 2.45) is 0 Å². The molecule has 1 saturated heterocycles. The standard InChI is InChI=1S/C14H20N2O2S/c1-11(14(17)16-9-7-15-8-10-16)18-12-5-3-4-6-13(12)19-2/h3-6,11,15H,7-10H2,1-2H3. The minimum Gasteiger partial charge on any atom is -0.480 e. The lowest BCUT2D eigenvalue weighted by Gasteiger charge is -2.30. The Balaban J connectivity index is 1.99. The maximum atomic E-state index is 12.3. The van der Waals surface area contributed by atoms with Crippen molar-refractivity contribution >= 4 is 17.7 Å². The molecule has 1 heterocycles. The number of carbonyl (C=O) groups excluding carboxylic acids is 1. The van der Waals surface area contributed by atoms with Gasteiger partial charge in [0.25, 0.3) is 5.91 Å². The van der Waals surface area contributed by atoms with Gasteiger partial charge in [0.05, 0.1) is 0 Å². The number of thioether (sulfide) groups is 1. The Hall–Kier alpha value is -1.20. The van der Waals surface area contributed by atoms with Crippen LogP contribution in [0.2, 0.25) is 0 Å². The van der Waals surface area contributed by atoms with Crippen LogP contribution >= 0.6 is 11.8 Å². The summed E-state index contributed by atoms with van der Waals surface area (Å²) in [6, 6.07) is 7.81. The van der Waals surface area contributed by atoms with Crippen molar-refractivity contribution in [1.82, 2.24) is 10.2 Å². The van der Waals surface area contributed by atoms with Crippen LogP contribution in [0.25, 0.3) is 0 Å². The van der Waals surface area contributed by atoms with E-state index in [1.165, 1.54) is 0 Å². The SMILES string of the molecule is CSc1ccccc1OC(C)C(=O)N1CCNCC1. The molecule has 1 aliphatic heterocycles. The van der Waals surface area contributed by atoms with Crippen molar-refractivity contribution in [3.63, 3.8) is 0 Å². The maximum Gasteiger partial charge on any atom is 0.263 e. The number of ether oxygens (including phenoxy) is 1. The van der Waals surface area contributed by atoms with Gasteiger partial charge in [-0.1, -0.05) is 12.1 Å². The van der Waals surface area contributed by atoms with E-state index in [-0.39, 0.29) is 5.91 Å². The van der Waals surface area contributed by atoms with E-state index in [1.54, 1.807) is 11.8 Å². The molecule has 1 N–H and O–H groups in total. The minimum absolute atomic E-state index is 0.0670. The second kappa shape index (κ2) is 6.82. The molecular weight excluding hydrogens is 260 g/mol. The molecule has 1 fully saturated rings. The number of benzene rings is 1. The first-order chi connectivity index (χ1) is 9.22. The highest BCUT2D eigenvalue weighted by atomic mass is 32.2. The molecule has 1 aliphatic rings. The van der Waals surface area contributed by atoms with E-state index in [0.717, 1.165) is 36.8 Å². The first kappa shape index (κ1) is 14.2. The van der Waals surface area contributed by atoms with E-state index < -0.39 is 6.10 Å². The largest absolute Gasteiger partial charge is 0.480 e. The minimum atomic E-state index is -0.439. The lowest BCUT2D eigenvalue weighted by atomic mass is 10.2. The van der Waals surface area contributed by atoms with Gasteiger partial charge in [-0.15, -0.1) is 11.8 Å². The number of hydrogen-bond donors (Lipinski definition) is 1. The zero-order valence-corrected chi connectivity index (χ0v) is 12.2. The van der Waals surface area contributed by atoms with Crippen LogP contribution in [-0.2, 0) is 4.79 Å². The van der Waals surface area contributed by atoms with Gasteiger partial charge in [-0.2, -0.15) is 0 Å². The molecule has 104 valence electrons. The molecule has 0 saturated carbocycles. The second-order valence-electron chi connectivity index (χ2n) is 4.49. The Bertz CT molecular complexity index is 433. The molecule has 2 rings (SSSR count). The van der Waals surface area contributed by atoms with Crippen molar-refractivity contribution in [1.29, 1.82) is 0 Å². The summed E-state index contributed by atoms with van der Waals surface area (Å²) in [5, 5.41) is 3.24. The smallest absolute Gasteiger partial charge is 0.263 e. The number of amides is 1. The van der Waals surface area contributed by atoms with Crippen LogP contribution in [-0.4, -0.2) is 49.3 Å². The Kier molecular flexibility index (Phi) is 5.10. The molecule has 0 spiro atoms.